The standard InChI is InChI=1S/C19H25N3O5S/c1-13-18(14(2)27-21-13)28(24,25)22-10-4-5-16(12-22)19(23)20-11-15-6-8-17(26-3)9-7-15/h6-9,16H,4-5,10-12H2,1-3H3,(H,20,23)/t16-/m0/s1. The van der Waals surface area contributed by atoms with E-state index in [9.17, 15) is 13.2 Å². The molecule has 0 saturated carbocycles. The van der Waals surface area contributed by atoms with Crippen molar-refractivity contribution in [3.63, 3.8) is 0 Å². The SMILES string of the molecule is COc1ccc(CNC(=O)[C@H]2CCCN(S(=O)(=O)c3c(C)noc3C)C2)cc1. The highest BCUT2D eigenvalue weighted by Gasteiger charge is 2.36. The third-order valence-corrected chi connectivity index (χ3v) is 7.06. The van der Waals surface area contributed by atoms with Crippen LogP contribution in [0.25, 0.3) is 0 Å². The molecule has 1 N–H and O–H groups in total. The quantitative estimate of drug-likeness (QED) is 0.786. The minimum absolute atomic E-state index is 0.104. The van der Waals surface area contributed by atoms with Gasteiger partial charge in [-0.3, -0.25) is 4.79 Å². The molecule has 1 atom stereocenters. The van der Waals surface area contributed by atoms with E-state index < -0.39 is 10.0 Å². The Bertz CT molecular complexity index is 917. The van der Waals surface area contributed by atoms with Gasteiger partial charge in [0.05, 0.1) is 13.0 Å². The summed E-state index contributed by atoms with van der Waals surface area (Å²) >= 11 is 0. The molecule has 0 radical (unpaired) electrons. The Balaban J connectivity index is 1.64. The molecule has 8 nitrogen and oxygen atoms in total. The number of sulfonamides is 1. The van der Waals surface area contributed by atoms with E-state index in [0.717, 1.165) is 11.3 Å². The first kappa shape index (κ1) is 20.3. The molecular weight excluding hydrogens is 382 g/mol. The lowest BCUT2D eigenvalue weighted by molar-refractivity contribution is -0.126. The zero-order valence-corrected chi connectivity index (χ0v) is 17.1. The minimum Gasteiger partial charge on any atom is -0.497 e. The summed E-state index contributed by atoms with van der Waals surface area (Å²) in [6.45, 7) is 4.10. The van der Waals surface area contributed by atoms with Gasteiger partial charge in [-0.1, -0.05) is 17.3 Å². The van der Waals surface area contributed by atoms with Gasteiger partial charge in [0.15, 0.2) is 5.76 Å². The van der Waals surface area contributed by atoms with Gasteiger partial charge in [0.2, 0.25) is 15.9 Å². The monoisotopic (exact) mass is 407 g/mol. The normalized spacial score (nSPS) is 18.0. The molecule has 1 aromatic heterocycles. The molecule has 0 spiro atoms. The maximum atomic E-state index is 13.0. The summed E-state index contributed by atoms with van der Waals surface area (Å²) in [5.41, 5.74) is 1.29. The van der Waals surface area contributed by atoms with Crippen LogP contribution in [0.2, 0.25) is 0 Å². The van der Waals surface area contributed by atoms with Crippen LogP contribution in [-0.2, 0) is 21.4 Å². The van der Waals surface area contributed by atoms with Crippen molar-refractivity contribution < 1.29 is 22.5 Å². The average Bonchev–Trinajstić information content (AvgIpc) is 3.05. The van der Waals surface area contributed by atoms with Crippen molar-refractivity contribution in [1.82, 2.24) is 14.8 Å². The van der Waals surface area contributed by atoms with Crippen LogP contribution >= 0.6 is 0 Å². The van der Waals surface area contributed by atoms with Crippen LogP contribution in [0.15, 0.2) is 33.7 Å². The van der Waals surface area contributed by atoms with Gasteiger partial charge in [0, 0.05) is 19.6 Å². The molecule has 0 bridgehead atoms. The molecular formula is C19H25N3O5S. The van der Waals surface area contributed by atoms with Gasteiger partial charge in [-0.15, -0.1) is 0 Å². The largest absolute Gasteiger partial charge is 0.497 e. The number of rotatable bonds is 6. The maximum absolute atomic E-state index is 13.0. The lowest BCUT2D eigenvalue weighted by Gasteiger charge is -2.31. The third kappa shape index (κ3) is 4.20. The first-order valence-electron chi connectivity index (χ1n) is 9.16. The number of benzene rings is 1. The van der Waals surface area contributed by atoms with Crippen molar-refractivity contribution in [3.8, 4) is 5.75 Å². The second-order valence-corrected chi connectivity index (χ2v) is 8.80. The molecule has 2 aromatic rings. The van der Waals surface area contributed by atoms with Gasteiger partial charge in [0.25, 0.3) is 0 Å². The summed E-state index contributed by atoms with van der Waals surface area (Å²) in [5, 5.41) is 6.64. The van der Waals surface area contributed by atoms with Crippen molar-refractivity contribution >= 4 is 15.9 Å². The van der Waals surface area contributed by atoms with Crippen LogP contribution in [-0.4, -0.2) is 44.0 Å². The fourth-order valence-corrected chi connectivity index (χ4v) is 5.24. The number of amides is 1. The highest BCUT2D eigenvalue weighted by molar-refractivity contribution is 7.89. The number of ether oxygens (including phenoxy) is 1. The number of aromatic nitrogens is 1. The molecule has 1 aromatic carbocycles. The molecule has 1 amide bonds. The summed E-state index contributed by atoms with van der Waals surface area (Å²) in [6.07, 6.45) is 1.28. The van der Waals surface area contributed by atoms with Crippen LogP contribution in [0.5, 0.6) is 5.75 Å². The average molecular weight is 407 g/mol. The molecule has 152 valence electrons. The number of nitrogens with one attached hydrogen (secondary N) is 1. The lowest BCUT2D eigenvalue weighted by atomic mass is 9.99. The highest BCUT2D eigenvalue weighted by atomic mass is 32.2. The fourth-order valence-electron chi connectivity index (χ4n) is 3.42. The van der Waals surface area contributed by atoms with E-state index >= 15 is 0 Å². The van der Waals surface area contributed by atoms with E-state index in [-0.39, 0.29) is 29.0 Å². The Morgan fingerprint density at radius 3 is 2.64 bits per heavy atom. The molecule has 2 heterocycles. The Labute approximate surface area is 164 Å². The number of piperidine rings is 1. The van der Waals surface area contributed by atoms with E-state index in [4.69, 9.17) is 9.26 Å². The molecule has 1 saturated heterocycles. The zero-order valence-electron chi connectivity index (χ0n) is 16.3. The van der Waals surface area contributed by atoms with Gasteiger partial charge in [-0.25, -0.2) is 8.42 Å². The molecule has 0 aliphatic carbocycles. The summed E-state index contributed by atoms with van der Waals surface area (Å²) in [5.74, 6) is 0.489. The molecule has 3 rings (SSSR count). The Morgan fingerprint density at radius 1 is 1.32 bits per heavy atom. The molecule has 1 aliphatic heterocycles. The second kappa shape index (κ2) is 8.32. The predicted molar refractivity (Wildman–Crippen MR) is 102 cm³/mol. The van der Waals surface area contributed by atoms with Crippen molar-refractivity contribution in [2.45, 2.75) is 38.1 Å². The van der Waals surface area contributed by atoms with Gasteiger partial charge >= 0.3 is 0 Å². The van der Waals surface area contributed by atoms with E-state index in [2.05, 4.69) is 10.5 Å². The number of hydrogen-bond acceptors (Lipinski definition) is 6. The molecule has 28 heavy (non-hydrogen) atoms. The van der Waals surface area contributed by atoms with Crippen LogP contribution in [0, 0.1) is 19.8 Å². The number of carbonyl (C=O) groups excluding carboxylic acids is 1. The lowest BCUT2D eigenvalue weighted by Crippen LogP contribution is -2.45. The van der Waals surface area contributed by atoms with Crippen molar-refractivity contribution in [2.75, 3.05) is 20.2 Å². The summed E-state index contributed by atoms with van der Waals surface area (Å²) in [6, 6.07) is 7.43. The van der Waals surface area contributed by atoms with Crippen molar-refractivity contribution in [3.05, 3.63) is 41.3 Å². The van der Waals surface area contributed by atoms with Gasteiger partial charge < -0.3 is 14.6 Å². The Morgan fingerprint density at radius 2 is 2.04 bits per heavy atom. The fraction of sp³-hybridized carbons (Fsp3) is 0.474. The first-order chi connectivity index (χ1) is 13.3. The maximum Gasteiger partial charge on any atom is 0.248 e. The summed E-state index contributed by atoms with van der Waals surface area (Å²) in [7, 11) is -2.14. The van der Waals surface area contributed by atoms with Gasteiger partial charge in [-0.05, 0) is 44.4 Å². The third-order valence-electron chi connectivity index (χ3n) is 4.95. The zero-order chi connectivity index (χ0) is 20.3. The first-order valence-corrected chi connectivity index (χ1v) is 10.6. The number of hydrogen-bond donors (Lipinski definition) is 1. The second-order valence-electron chi connectivity index (χ2n) is 6.92. The van der Waals surface area contributed by atoms with Gasteiger partial charge in [0.1, 0.15) is 16.3 Å². The Hall–Kier alpha value is -2.39. The van der Waals surface area contributed by atoms with E-state index in [1.807, 2.05) is 24.3 Å². The van der Waals surface area contributed by atoms with E-state index in [0.29, 0.717) is 31.6 Å². The Kier molecular flexibility index (Phi) is 6.04. The number of carbonyl (C=O) groups is 1. The molecule has 1 aliphatic rings. The number of nitrogens with zero attached hydrogens (tertiary/aromatic N) is 2. The van der Waals surface area contributed by atoms with Crippen LogP contribution in [0.1, 0.15) is 29.9 Å². The molecule has 9 heteroatoms. The predicted octanol–water partition coefficient (Wildman–Crippen LogP) is 2.02. The number of aryl methyl sites for hydroxylation is 2. The van der Waals surface area contributed by atoms with Crippen LogP contribution in [0.3, 0.4) is 0 Å². The number of methoxy groups -OCH3 is 1. The smallest absolute Gasteiger partial charge is 0.248 e. The minimum atomic E-state index is -3.74. The van der Waals surface area contributed by atoms with Gasteiger partial charge in [-0.2, -0.15) is 4.31 Å². The van der Waals surface area contributed by atoms with Crippen molar-refractivity contribution in [1.29, 1.82) is 0 Å². The highest BCUT2D eigenvalue weighted by Crippen LogP contribution is 2.27. The van der Waals surface area contributed by atoms with Crippen LogP contribution < -0.4 is 10.1 Å². The van der Waals surface area contributed by atoms with E-state index in [1.165, 1.54) is 4.31 Å². The molecule has 1 fully saturated rings. The summed E-state index contributed by atoms with van der Waals surface area (Å²) < 4.78 is 37.4. The molecule has 0 unspecified atom stereocenters. The summed E-state index contributed by atoms with van der Waals surface area (Å²) in [4.78, 5) is 12.7. The van der Waals surface area contributed by atoms with Crippen LogP contribution in [0.4, 0.5) is 0 Å². The van der Waals surface area contributed by atoms with E-state index in [1.54, 1.807) is 21.0 Å². The topological polar surface area (TPSA) is 102 Å². The van der Waals surface area contributed by atoms with Crippen molar-refractivity contribution in [2.24, 2.45) is 5.92 Å².